The molecule has 0 saturated carbocycles. The number of nitrogens with zero attached hydrogens (tertiary/aromatic N) is 3. The van der Waals surface area contributed by atoms with Gasteiger partial charge in [-0.3, -0.25) is 0 Å². The summed E-state index contributed by atoms with van der Waals surface area (Å²) < 4.78 is 5.37. The largest absolute Gasteiger partial charge is 0.496 e. The highest BCUT2D eigenvalue weighted by atomic mass is 35.5. The van der Waals surface area contributed by atoms with Crippen molar-refractivity contribution in [2.75, 3.05) is 24.3 Å². The first-order valence-electron chi connectivity index (χ1n) is 8.66. The van der Waals surface area contributed by atoms with Crippen molar-refractivity contribution >= 4 is 29.1 Å². The van der Waals surface area contributed by atoms with Crippen molar-refractivity contribution in [3.63, 3.8) is 0 Å². The van der Waals surface area contributed by atoms with Crippen LogP contribution in [0.25, 0.3) is 0 Å². The lowest BCUT2D eigenvalue weighted by molar-refractivity contribution is 0.410. The first-order chi connectivity index (χ1) is 13.1. The molecule has 1 aromatic heterocycles. The monoisotopic (exact) mass is 383 g/mol. The standard InChI is InChI=1S/C20H22ClN5O/c1-13-10-14(2)19(16(21)11-13)24-18-12-23-26-20(25-18)22-9-8-15-6-4-5-7-17(15)27-3/h4-7,10-12H,8-9H2,1-3H3,(H2,22,24,25,26). The van der Waals surface area contributed by atoms with Gasteiger partial charge in [-0.25, -0.2) is 0 Å². The van der Waals surface area contributed by atoms with Gasteiger partial charge in [0.15, 0.2) is 5.82 Å². The molecule has 7 heteroatoms. The van der Waals surface area contributed by atoms with Gasteiger partial charge in [-0.05, 0) is 49.1 Å². The minimum Gasteiger partial charge on any atom is -0.496 e. The number of hydrogen-bond donors (Lipinski definition) is 2. The van der Waals surface area contributed by atoms with E-state index in [4.69, 9.17) is 16.3 Å². The summed E-state index contributed by atoms with van der Waals surface area (Å²) in [6.07, 6.45) is 2.36. The number of aryl methyl sites for hydroxylation is 2. The Hall–Kier alpha value is -2.86. The minimum atomic E-state index is 0.454. The van der Waals surface area contributed by atoms with Crippen LogP contribution in [0, 0.1) is 13.8 Å². The zero-order valence-corrected chi connectivity index (χ0v) is 16.3. The topological polar surface area (TPSA) is 72.0 Å². The zero-order chi connectivity index (χ0) is 19.2. The maximum absolute atomic E-state index is 6.35. The van der Waals surface area contributed by atoms with Gasteiger partial charge in [0.1, 0.15) is 5.75 Å². The highest BCUT2D eigenvalue weighted by molar-refractivity contribution is 6.33. The van der Waals surface area contributed by atoms with Crippen LogP contribution in [0.15, 0.2) is 42.6 Å². The molecule has 3 rings (SSSR count). The summed E-state index contributed by atoms with van der Waals surface area (Å²) in [5.74, 6) is 1.91. The van der Waals surface area contributed by atoms with Crippen molar-refractivity contribution in [2.45, 2.75) is 20.3 Å². The highest BCUT2D eigenvalue weighted by Crippen LogP contribution is 2.29. The second-order valence-electron chi connectivity index (χ2n) is 6.22. The minimum absolute atomic E-state index is 0.454. The van der Waals surface area contributed by atoms with E-state index in [0.29, 0.717) is 23.3 Å². The molecule has 27 heavy (non-hydrogen) atoms. The highest BCUT2D eigenvalue weighted by Gasteiger charge is 2.08. The molecule has 0 bridgehead atoms. The number of para-hydroxylation sites is 1. The third-order valence-corrected chi connectivity index (χ3v) is 4.41. The van der Waals surface area contributed by atoms with Crippen LogP contribution >= 0.6 is 11.6 Å². The lowest BCUT2D eigenvalue weighted by Crippen LogP contribution is -2.10. The molecule has 0 saturated heterocycles. The SMILES string of the molecule is COc1ccccc1CCNc1nncc(Nc2c(C)cc(C)cc2Cl)n1. The van der Waals surface area contributed by atoms with E-state index in [-0.39, 0.29) is 0 Å². The fourth-order valence-electron chi connectivity index (χ4n) is 2.86. The van der Waals surface area contributed by atoms with E-state index < -0.39 is 0 Å². The van der Waals surface area contributed by atoms with Gasteiger partial charge in [0.2, 0.25) is 5.95 Å². The molecule has 0 aliphatic rings. The summed E-state index contributed by atoms with van der Waals surface area (Å²) in [5, 5.41) is 15.1. The number of ether oxygens (including phenoxy) is 1. The van der Waals surface area contributed by atoms with E-state index in [2.05, 4.69) is 31.9 Å². The summed E-state index contributed by atoms with van der Waals surface area (Å²) in [7, 11) is 1.67. The van der Waals surface area contributed by atoms with E-state index in [1.807, 2.05) is 44.2 Å². The van der Waals surface area contributed by atoms with Crippen molar-refractivity contribution < 1.29 is 4.74 Å². The Labute approximate surface area is 164 Å². The fraction of sp³-hybridized carbons (Fsp3) is 0.250. The number of hydrogen-bond acceptors (Lipinski definition) is 6. The van der Waals surface area contributed by atoms with E-state index >= 15 is 0 Å². The molecular weight excluding hydrogens is 362 g/mol. The number of rotatable bonds is 7. The normalized spacial score (nSPS) is 10.5. The van der Waals surface area contributed by atoms with Crippen LogP contribution in [-0.4, -0.2) is 28.8 Å². The van der Waals surface area contributed by atoms with E-state index in [9.17, 15) is 0 Å². The Morgan fingerprint density at radius 3 is 2.74 bits per heavy atom. The van der Waals surface area contributed by atoms with E-state index in [0.717, 1.165) is 34.5 Å². The van der Waals surface area contributed by atoms with Crippen molar-refractivity contribution in [3.8, 4) is 5.75 Å². The number of halogens is 1. The first-order valence-corrected chi connectivity index (χ1v) is 9.04. The summed E-state index contributed by atoms with van der Waals surface area (Å²) >= 11 is 6.35. The molecule has 2 N–H and O–H groups in total. The molecule has 6 nitrogen and oxygen atoms in total. The Morgan fingerprint density at radius 2 is 1.96 bits per heavy atom. The summed E-state index contributed by atoms with van der Waals surface area (Å²) in [4.78, 5) is 4.46. The molecule has 0 amide bonds. The Bertz CT molecular complexity index is 909. The number of benzene rings is 2. The van der Waals surface area contributed by atoms with Crippen LogP contribution in [0.1, 0.15) is 16.7 Å². The Morgan fingerprint density at radius 1 is 1.15 bits per heavy atom. The van der Waals surface area contributed by atoms with Gasteiger partial charge in [0.25, 0.3) is 0 Å². The lowest BCUT2D eigenvalue weighted by atomic mass is 10.1. The number of aromatic nitrogens is 3. The van der Waals surface area contributed by atoms with Gasteiger partial charge in [-0.2, -0.15) is 10.1 Å². The van der Waals surface area contributed by atoms with Crippen molar-refractivity contribution in [2.24, 2.45) is 0 Å². The van der Waals surface area contributed by atoms with Gasteiger partial charge in [0.05, 0.1) is 24.0 Å². The van der Waals surface area contributed by atoms with Crippen molar-refractivity contribution in [3.05, 3.63) is 64.3 Å². The van der Waals surface area contributed by atoms with E-state index in [1.54, 1.807) is 13.3 Å². The molecule has 0 fully saturated rings. The van der Waals surface area contributed by atoms with E-state index in [1.165, 1.54) is 0 Å². The predicted molar refractivity (Wildman–Crippen MR) is 109 cm³/mol. The summed E-state index contributed by atoms with van der Waals surface area (Å²) in [6.45, 7) is 4.68. The van der Waals surface area contributed by atoms with Crippen LogP contribution in [0.4, 0.5) is 17.5 Å². The molecule has 0 atom stereocenters. The zero-order valence-electron chi connectivity index (χ0n) is 15.6. The van der Waals surface area contributed by atoms with Gasteiger partial charge in [-0.1, -0.05) is 35.9 Å². The molecule has 1 heterocycles. The lowest BCUT2D eigenvalue weighted by Gasteiger charge is -2.12. The molecular formula is C20H22ClN5O. The second-order valence-corrected chi connectivity index (χ2v) is 6.62. The fourth-order valence-corrected chi connectivity index (χ4v) is 3.23. The molecule has 0 unspecified atom stereocenters. The van der Waals surface area contributed by atoms with Crippen LogP contribution in [0.2, 0.25) is 5.02 Å². The molecule has 0 aliphatic carbocycles. The number of methoxy groups -OCH3 is 1. The average molecular weight is 384 g/mol. The van der Waals surface area contributed by atoms with Crippen LogP contribution in [0.3, 0.4) is 0 Å². The van der Waals surface area contributed by atoms with Gasteiger partial charge in [-0.15, -0.1) is 5.10 Å². The quantitative estimate of drug-likeness (QED) is 0.623. The third kappa shape index (κ3) is 4.86. The average Bonchev–Trinajstić information content (AvgIpc) is 2.65. The van der Waals surface area contributed by atoms with Gasteiger partial charge in [0, 0.05) is 6.54 Å². The molecule has 0 spiro atoms. The number of anilines is 3. The molecule has 2 aromatic carbocycles. The Kier molecular flexibility index (Phi) is 6.08. The summed E-state index contributed by atoms with van der Waals surface area (Å²) in [6, 6.07) is 11.9. The van der Waals surface area contributed by atoms with Crippen LogP contribution < -0.4 is 15.4 Å². The maximum Gasteiger partial charge on any atom is 0.244 e. The molecule has 3 aromatic rings. The third-order valence-electron chi connectivity index (χ3n) is 4.11. The smallest absolute Gasteiger partial charge is 0.244 e. The second kappa shape index (κ2) is 8.68. The van der Waals surface area contributed by atoms with Gasteiger partial charge < -0.3 is 15.4 Å². The van der Waals surface area contributed by atoms with Gasteiger partial charge >= 0.3 is 0 Å². The van der Waals surface area contributed by atoms with Crippen LogP contribution in [-0.2, 0) is 6.42 Å². The van der Waals surface area contributed by atoms with Crippen molar-refractivity contribution in [1.82, 2.24) is 15.2 Å². The van der Waals surface area contributed by atoms with Crippen molar-refractivity contribution in [1.29, 1.82) is 0 Å². The number of nitrogens with one attached hydrogen (secondary N) is 2. The molecule has 0 aliphatic heterocycles. The Balaban J connectivity index is 1.66. The first kappa shape index (κ1) is 18.9. The summed E-state index contributed by atoms with van der Waals surface area (Å²) in [5.41, 5.74) is 4.10. The predicted octanol–water partition coefficient (Wildman–Crippen LogP) is 4.55. The molecule has 140 valence electrons. The maximum atomic E-state index is 6.35. The molecule has 0 radical (unpaired) electrons. The van der Waals surface area contributed by atoms with Crippen LogP contribution in [0.5, 0.6) is 5.75 Å².